The third kappa shape index (κ3) is 3.60. The summed E-state index contributed by atoms with van der Waals surface area (Å²) in [6.07, 6.45) is 0. The standard InChI is InChI=1S/C15H14BrClN2O/c1-9-2-4-10(5-3-9)14(18)15(20)19-13-7-6-11(17)8-12(13)16/h2-8,14H,18H2,1H3,(H,19,20). The van der Waals surface area contributed by atoms with Gasteiger partial charge in [-0.05, 0) is 46.6 Å². The van der Waals surface area contributed by atoms with Crippen LogP contribution in [0.15, 0.2) is 46.9 Å². The second kappa shape index (κ2) is 6.39. The van der Waals surface area contributed by atoms with E-state index in [-0.39, 0.29) is 5.91 Å². The molecule has 0 fully saturated rings. The molecule has 104 valence electrons. The molecular weight excluding hydrogens is 340 g/mol. The van der Waals surface area contributed by atoms with Gasteiger partial charge in [0.25, 0.3) is 0 Å². The normalized spacial score (nSPS) is 12.0. The van der Waals surface area contributed by atoms with Crippen LogP contribution in [-0.4, -0.2) is 5.91 Å². The number of amides is 1. The first-order chi connectivity index (χ1) is 9.47. The number of carbonyl (C=O) groups is 1. The maximum Gasteiger partial charge on any atom is 0.245 e. The van der Waals surface area contributed by atoms with Crippen molar-refractivity contribution < 1.29 is 4.79 Å². The summed E-state index contributed by atoms with van der Waals surface area (Å²) in [6, 6.07) is 12.0. The Bertz CT molecular complexity index is 628. The number of hydrogen-bond donors (Lipinski definition) is 2. The van der Waals surface area contributed by atoms with Crippen LogP contribution in [0.5, 0.6) is 0 Å². The summed E-state index contributed by atoms with van der Waals surface area (Å²) in [4.78, 5) is 12.1. The van der Waals surface area contributed by atoms with Crippen molar-refractivity contribution in [2.24, 2.45) is 5.73 Å². The van der Waals surface area contributed by atoms with E-state index in [0.717, 1.165) is 15.6 Å². The van der Waals surface area contributed by atoms with Crippen LogP contribution in [0.25, 0.3) is 0 Å². The number of rotatable bonds is 3. The zero-order valence-corrected chi connectivity index (χ0v) is 13.2. The van der Waals surface area contributed by atoms with Gasteiger partial charge in [0.2, 0.25) is 5.91 Å². The molecule has 0 spiro atoms. The SMILES string of the molecule is Cc1ccc(C(N)C(=O)Nc2ccc(Cl)cc2Br)cc1. The molecule has 0 aliphatic carbocycles. The van der Waals surface area contributed by atoms with Gasteiger partial charge in [-0.3, -0.25) is 4.79 Å². The van der Waals surface area contributed by atoms with Crippen LogP contribution >= 0.6 is 27.5 Å². The first-order valence-electron chi connectivity index (χ1n) is 6.05. The van der Waals surface area contributed by atoms with Crippen LogP contribution in [0.2, 0.25) is 5.02 Å². The zero-order chi connectivity index (χ0) is 14.7. The highest BCUT2D eigenvalue weighted by atomic mass is 79.9. The first-order valence-corrected chi connectivity index (χ1v) is 7.22. The molecule has 2 aromatic carbocycles. The topological polar surface area (TPSA) is 55.1 Å². The Labute approximate surface area is 131 Å². The Balaban J connectivity index is 2.13. The average molecular weight is 354 g/mol. The maximum absolute atomic E-state index is 12.1. The second-order valence-electron chi connectivity index (χ2n) is 4.50. The van der Waals surface area contributed by atoms with Gasteiger partial charge in [-0.15, -0.1) is 0 Å². The van der Waals surface area contributed by atoms with E-state index in [2.05, 4.69) is 21.2 Å². The van der Waals surface area contributed by atoms with Gasteiger partial charge in [0.15, 0.2) is 0 Å². The molecule has 0 heterocycles. The molecule has 0 saturated heterocycles. The number of halogens is 2. The van der Waals surface area contributed by atoms with Crippen molar-refractivity contribution in [2.75, 3.05) is 5.32 Å². The number of nitrogens with two attached hydrogens (primary N) is 1. The molecule has 0 bridgehead atoms. The lowest BCUT2D eigenvalue weighted by Crippen LogP contribution is -2.27. The number of hydrogen-bond acceptors (Lipinski definition) is 2. The minimum atomic E-state index is -0.710. The third-order valence-corrected chi connectivity index (χ3v) is 3.80. The van der Waals surface area contributed by atoms with Crippen molar-refractivity contribution in [3.63, 3.8) is 0 Å². The fourth-order valence-corrected chi connectivity index (χ4v) is 2.51. The summed E-state index contributed by atoms with van der Waals surface area (Å²) in [5, 5.41) is 3.38. The zero-order valence-electron chi connectivity index (χ0n) is 10.9. The van der Waals surface area contributed by atoms with Crippen LogP contribution in [0.4, 0.5) is 5.69 Å². The van der Waals surface area contributed by atoms with Gasteiger partial charge in [0.05, 0.1) is 5.69 Å². The Kier molecular flexibility index (Phi) is 4.81. The van der Waals surface area contributed by atoms with Crippen molar-refractivity contribution >= 4 is 39.1 Å². The number of anilines is 1. The summed E-state index contributed by atoms with van der Waals surface area (Å²) >= 11 is 9.21. The van der Waals surface area contributed by atoms with Crippen LogP contribution in [-0.2, 0) is 4.79 Å². The van der Waals surface area contributed by atoms with Crippen molar-refractivity contribution in [2.45, 2.75) is 13.0 Å². The van der Waals surface area contributed by atoms with Crippen molar-refractivity contribution in [3.05, 3.63) is 63.1 Å². The van der Waals surface area contributed by atoms with E-state index in [1.807, 2.05) is 31.2 Å². The highest BCUT2D eigenvalue weighted by Gasteiger charge is 2.16. The fourth-order valence-electron chi connectivity index (χ4n) is 1.73. The summed E-state index contributed by atoms with van der Waals surface area (Å²) in [5.41, 5.74) is 8.51. The Morgan fingerprint density at radius 3 is 2.50 bits per heavy atom. The summed E-state index contributed by atoms with van der Waals surface area (Å²) in [7, 11) is 0. The molecule has 0 aromatic heterocycles. The molecule has 5 heteroatoms. The Morgan fingerprint density at radius 2 is 1.90 bits per heavy atom. The van der Waals surface area contributed by atoms with Crippen molar-refractivity contribution in [1.29, 1.82) is 0 Å². The number of benzene rings is 2. The lowest BCUT2D eigenvalue weighted by molar-refractivity contribution is -0.117. The van der Waals surface area contributed by atoms with Gasteiger partial charge in [-0.25, -0.2) is 0 Å². The largest absolute Gasteiger partial charge is 0.323 e. The second-order valence-corrected chi connectivity index (χ2v) is 5.79. The first kappa shape index (κ1) is 15.0. The lowest BCUT2D eigenvalue weighted by Gasteiger charge is -2.14. The molecule has 0 saturated carbocycles. The lowest BCUT2D eigenvalue weighted by atomic mass is 10.1. The minimum absolute atomic E-state index is 0.267. The predicted octanol–water partition coefficient (Wildman–Crippen LogP) is 4.05. The summed E-state index contributed by atoms with van der Waals surface area (Å²) in [5.74, 6) is -0.267. The quantitative estimate of drug-likeness (QED) is 0.874. The summed E-state index contributed by atoms with van der Waals surface area (Å²) < 4.78 is 0.717. The van der Waals surface area contributed by atoms with E-state index in [4.69, 9.17) is 17.3 Å². The van der Waals surface area contributed by atoms with Crippen LogP contribution in [0, 0.1) is 6.92 Å². The Morgan fingerprint density at radius 1 is 1.25 bits per heavy atom. The molecule has 1 unspecified atom stereocenters. The fraction of sp³-hybridized carbons (Fsp3) is 0.133. The van der Waals surface area contributed by atoms with Gasteiger partial charge in [0, 0.05) is 9.50 Å². The molecule has 0 aliphatic heterocycles. The molecule has 1 amide bonds. The average Bonchev–Trinajstić information content (AvgIpc) is 2.42. The molecule has 2 rings (SSSR count). The van der Waals surface area contributed by atoms with Gasteiger partial charge in [0.1, 0.15) is 6.04 Å². The van der Waals surface area contributed by atoms with Crippen LogP contribution in [0.3, 0.4) is 0 Å². The number of nitrogens with one attached hydrogen (secondary N) is 1. The van der Waals surface area contributed by atoms with E-state index in [9.17, 15) is 4.79 Å². The predicted molar refractivity (Wildman–Crippen MR) is 85.9 cm³/mol. The van der Waals surface area contributed by atoms with Gasteiger partial charge >= 0.3 is 0 Å². The summed E-state index contributed by atoms with van der Waals surface area (Å²) in [6.45, 7) is 1.99. The van der Waals surface area contributed by atoms with Crippen LogP contribution < -0.4 is 11.1 Å². The van der Waals surface area contributed by atoms with E-state index in [1.54, 1.807) is 18.2 Å². The van der Waals surface area contributed by atoms with Crippen molar-refractivity contribution in [1.82, 2.24) is 0 Å². The maximum atomic E-state index is 12.1. The minimum Gasteiger partial charge on any atom is -0.323 e. The number of carbonyl (C=O) groups excluding carboxylic acids is 1. The molecule has 3 nitrogen and oxygen atoms in total. The van der Waals surface area contributed by atoms with E-state index < -0.39 is 6.04 Å². The molecular formula is C15H14BrClN2O. The molecule has 1 atom stereocenters. The van der Waals surface area contributed by atoms with Crippen LogP contribution in [0.1, 0.15) is 17.2 Å². The smallest absolute Gasteiger partial charge is 0.245 e. The number of aryl methyl sites for hydroxylation is 1. The van der Waals surface area contributed by atoms with Gasteiger partial charge in [-0.1, -0.05) is 41.4 Å². The molecule has 0 radical (unpaired) electrons. The molecule has 2 aromatic rings. The molecule has 20 heavy (non-hydrogen) atoms. The molecule has 3 N–H and O–H groups in total. The molecule has 0 aliphatic rings. The van der Waals surface area contributed by atoms with E-state index in [0.29, 0.717) is 10.7 Å². The van der Waals surface area contributed by atoms with Crippen molar-refractivity contribution in [3.8, 4) is 0 Å². The van der Waals surface area contributed by atoms with Gasteiger partial charge < -0.3 is 11.1 Å². The van der Waals surface area contributed by atoms with E-state index in [1.165, 1.54) is 0 Å². The highest BCUT2D eigenvalue weighted by molar-refractivity contribution is 9.10. The monoisotopic (exact) mass is 352 g/mol. The third-order valence-electron chi connectivity index (χ3n) is 2.91. The Hall–Kier alpha value is -1.36. The highest BCUT2D eigenvalue weighted by Crippen LogP contribution is 2.26. The van der Waals surface area contributed by atoms with Gasteiger partial charge in [-0.2, -0.15) is 0 Å². The van der Waals surface area contributed by atoms with E-state index >= 15 is 0 Å².